The molecular weight excluding hydrogens is 442 g/mol. The highest BCUT2D eigenvalue weighted by atomic mass is 16.6. The normalized spacial score (nSPS) is 13.7. The van der Waals surface area contributed by atoms with Crippen LogP contribution in [0.25, 0.3) is 10.9 Å². The molecule has 11 heteroatoms. The minimum absolute atomic E-state index is 0.102. The van der Waals surface area contributed by atoms with Gasteiger partial charge in [0.15, 0.2) is 5.88 Å². The number of oxime groups is 1. The predicted octanol–water partition coefficient (Wildman–Crippen LogP) is 4.09. The van der Waals surface area contributed by atoms with E-state index in [2.05, 4.69) is 15.1 Å². The number of fused-ring (bicyclic) bond motifs is 2. The number of nitrogens with zero attached hydrogens (tertiary/aromatic N) is 3. The molecule has 4 N–H and O–H groups in total. The van der Waals surface area contributed by atoms with Gasteiger partial charge in [0.1, 0.15) is 18.0 Å². The van der Waals surface area contributed by atoms with Gasteiger partial charge >= 0.3 is 0 Å². The lowest BCUT2D eigenvalue weighted by molar-refractivity contribution is -0.384. The zero-order valence-electron chi connectivity index (χ0n) is 18.2. The third-order valence-corrected chi connectivity index (χ3v) is 5.50. The average molecular weight is 465 g/mol. The Hall–Kier alpha value is -4.25. The summed E-state index contributed by atoms with van der Waals surface area (Å²) in [6.07, 6.45) is 3.29. The largest absolute Gasteiger partial charge is 0.494 e. The number of nitro benzene ring substituents is 1. The van der Waals surface area contributed by atoms with Gasteiger partial charge in [-0.1, -0.05) is 29.8 Å². The number of hydrogen-bond acceptors (Lipinski definition) is 8. The van der Waals surface area contributed by atoms with Crippen LogP contribution >= 0.6 is 0 Å². The number of aromatic hydroxyl groups is 1. The first-order valence-electron chi connectivity index (χ1n) is 10.8. The smallest absolute Gasteiger partial charge is 0.270 e. The summed E-state index contributed by atoms with van der Waals surface area (Å²) in [5.74, 6) is -0.568. The summed E-state index contributed by atoms with van der Waals surface area (Å²) in [6.45, 7) is 0.344. The minimum atomic E-state index is -0.493. The summed E-state index contributed by atoms with van der Waals surface area (Å²) in [7, 11) is 0. The first-order valence-corrected chi connectivity index (χ1v) is 10.8. The topological polar surface area (TPSA) is 162 Å². The Bertz CT molecular complexity index is 1300. The van der Waals surface area contributed by atoms with Crippen LogP contribution in [-0.2, 0) is 9.63 Å². The molecule has 0 unspecified atom stereocenters. The number of aliphatic imine (C=N–C) groups is 1. The molecule has 11 nitrogen and oxygen atoms in total. The Kier molecular flexibility index (Phi) is 6.83. The van der Waals surface area contributed by atoms with E-state index >= 15 is 0 Å². The van der Waals surface area contributed by atoms with Crippen molar-refractivity contribution in [2.45, 2.75) is 32.1 Å². The molecule has 3 aromatic rings. The Morgan fingerprint density at radius 2 is 1.97 bits per heavy atom. The first-order chi connectivity index (χ1) is 16.5. The molecule has 0 saturated heterocycles. The van der Waals surface area contributed by atoms with Gasteiger partial charge in [-0.3, -0.25) is 20.1 Å². The fourth-order valence-corrected chi connectivity index (χ4v) is 3.83. The Morgan fingerprint density at radius 3 is 2.76 bits per heavy atom. The van der Waals surface area contributed by atoms with Crippen LogP contribution in [0.15, 0.2) is 52.6 Å². The van der Waals surface area contributed by atoms with Crippen LogP contribution in [0.2, 0.25) is 0 Å². The second-order valence-corrected chi connectivity index (χ2v) is 7.79. The number of amides is 1. The van der Waals surface area contributed by atoms with Crippen molar-refractivity contribution in [3.8, 4) is 5.88 Å². The molecule has 0 fully saturated rings. The van der Waals surface area contributed by atoms with Gasteiger partial charge in [0.2, 0.25) is 5.91 Å². The van der Waals surface area contributed by atoms with Gasteiger partial charge < -0.3 is 14.9 Å². The van der Waals surface area contributed by atoms with E-state index in [1.807, 2.05) is 24.3 Å². The maximum absolute atomic E-state index is 11.3. The quantitative estimate of drug-likeness (QED) is 0.152. The van der Waals surface area contributed by atoms with E-state index in [4.69, 9.17) is 10.0 Å². The molecule has 1 aliphatic heterocycles. The molecule has 2 heterocycles. The summed E-state index contributed by atoms with van der Waals surface area (Å²) >= 11 is 0. The van der Waals surface area contributed by atoms with Crippen molar-refractivity contribution in [3.63, 3.8) is 0 Å². The minimum Gasteiger partial charge on any atom is -0.494 e. The molecule has 1 aliphatic rings. The maximum atomic E-state index is 11.3. The third kappa shape index (κ3) is 4.74. The molecule has 34 heavy (non-hydrogen) atoms. The van der Waals surface area contributed by atoms with E-state index in [1.165, 1.54) is 18.2 Å². The van der Waals surface area contributed by atoms with Crippen molar-refractivity contribution >= 4 is 39.6 Å². The van der Waals surface area contributed by atoms with Crippen LogP contribution in [0.1, 0.15) is 43.2 Å². The van der Waals surface area contributed by atoms with Crippen molar-refractivity contribution in [3.05, 3.63) is 63.7 Å². The Labute approximate surface area is 193 Å². The van der Waals surface area contributed by atoms with Crippen LogP contribution in [0.4, 0.5) is 11.4 Å². The molecule has 0 spiro atoms. The second kappa shape index (κ2) is 10.1. The van der Waals surface area contributed by atoms with E-state index in [1.54, 1.807) is 5.48 Å². The number of rotatable bonds is 10. The number of carbonyl (C=O) groups excluding carboxylic acids is 1. The summed E-state index contributed by atoms with van der Waals surface area (Å²) in [6, 6.07) is 11.6. The number of aromatic amines is 1. The van der Waals surface area contributed by atoms with Gasteiger partial charge in [0.25, 0.3) is 5.69 Å². The van der Waals surface area contributed by atoms with Crippen LogP contribution in [0.5, 0.6) is 5.88 Å². The van der Waals surface area contributed by atoms with Crippen LogP contribution in [-0.4, -0.2) is 44.2 Å². The summed E-state index contributed by atoms with van der Waals surface area (Å²) in [5, 5.41) is 35.1. The highest BCUT2D eigenvalue weighted by Crippen LogP contribution is 2.36. The lowest BCUT2D eigenvalue weighted by Gasteiger charge is -2.06. The highest BCUT2D eigenvalue weighted by molar-refractivity contribution is 6.58. The van der Waals surface area contributed by atoms with Crippen LogP contribution < -0.4 is 5.48 Å². The predicted molar refractivity (Wildman–Crippen MR) is 125 cm³/mol. The first kappa shape index (κ1) is 22.9. The number of nitrogens with one attached hydrogen (secondary N) is 2. The number of para-hydroxylation sites is 1. The average Bonchev–Trinajstić information content (AvgIpc) is 3.35. The number of H-pyrrole nitrogens is 1. The lowest BCUT2D eigenvalue weighted by atomic mass is 10.0. The van der Waals surface area contributed by atoms with Gasteiger partial charge in [-0.15, -0.1) is 0 Å². The van der Waals surface area contributed by atoms with E-state index in [-0.39, 0.29) is 18.0 Å². The molecule has 2 aromatic carbocycles. The van der Waals surface area contributed by atoms with Crippen LogP contribution in [0.3, 0.4) is 0 Å². The number of hydroxylamine groups is 1. The van der Waals surface area contributed by atoms with Gasteiger partial charge in [-0.2, -0.15) is 0 Å². The molecule has 1 aromatic heterocycles. The summed E-state index contributed by atoms with van der Waals surface area (Å²) < 4.78 is 0. The fraction of sp³-hybridized carbons (Fsp3) is 0.261. The van der Waals surface area contributed by atoms with Gasteiger partial charge in [-0.25, -0.2) is 10.5 Å². The maximum Gasteiger partial charge on any atom is 0.270 e. The number of hydrogen-bond donors (Lipinski definition) is 4. The number of carbonyl (C=O) groups is 1. The molecular formula is C23H23N5O6. The standard InChI is InChI=1S/C23H23N5O6/c29-19(26-31)9-3-1-2-6-12-34-27-21-15-7-4-5-8-17(15)24-22(21)20-16-13-14(28(32)33)10-11-18(16)25-23(20)30/h4-5,7-8,10-11,13,25,30-31H,1-3,6,9,12H2,(H,26,29)/b27-21+. The van der Waals surface area contributed by atoms with E-state index < -0.39 is 10.8 Å². The molecule has 4 rings (SSSR count). The van der Waals surface area contributed by atoms with E-state index in [0.717, 1.165) is 24.8 Å². The SMILES string of the molecule is O=C(CCCCCCO/N=C1/C(c2c(O)[nH]c3ccc([N+](=O)[O-])cc23)=Nc2ccccc21)NO. The summed E-state index contributed by atoms with van der Waals surface area (Å²) in [5.41, 5.74) is 4.53. The molecule has 0 atom stereocenters. The molecule has 176 valence electrons. The van der Waals surface area contributed by atoms with Gasteiger partial charge in [-0.05, 0) is 31.4 Å². The molecule has 0 saturated carbocycles. The Balaban J connectivity index is 1.54. The Morgan fingerprint density at radius 1 is 1.18 bits per heavy atom. The van der Waals surface area contributed by atoms with Crippen molar-refractivity contribution in [2.24, 2.45) is 10.1 Å². The van der Waals surface area contributed by atoms with Gasteiger partial charge in [0.05, 0.1) is 16.2 Å². The van der Waals surface area contributed by atoms with Gasteiger partial charge in [0, 0.05) is 35.0 Å². The third-order valence-electron chi connectivity index (χ3n) is 5.50. The van der Waals surface area contributed by atoms with Crippen molar-refractivity contribution < 1.29 is 24.9 Å². The molecule has 0 bridgehead atoms. The highest BCUT2D eigenvalue weighted by Gasteiger charge is 2.29. The molecule has 0 radical (unpaired) electrons. The van der Waals surface area contributed by atoms with Crippen molar-refractivity contribution in [2.75, 3.05) is 6.61 Å². The number of non-ortho nitro benzene ring substituents is 1. The fourth-order valence-electron chi connectivity index (χ4n) is 3.83. The number of benzene rings is 2. The zero-order valence-corrected chi connectivity index (χ0v) is 18.2. The zero-order chi connectivity index (χ0) is 24.1. The van der Waals surface area contributed by atoms with Crippen LogP contribution in [0, 0.1) is 10.1 Å². The second-order valence-electron chi connectivity index (χ2n) is 7.79. The number of unbranched alkanes of at least 4 members (excludes halogenated alkanes) is 3. The van der Waals surface area contributed by atoms with Crippen molar-refractivity contribution in [1.82, 2.24) is 10.5 Å². The molecule has 1 amide bonds. The van der Waals surface area contributed by atoms with Crippen molar-refractivity contribution in [1.29, 1.82) is 0 Å². The number of aromatic nitrogens is 1. The summed E-state index contributed by atoms with van der Waals surface area (Å²) in [4.78, 5) is 34.8. The lowest BCUT2D eigenvalue weighted by Crippen LogP contribution is -2.17. The monoisotopic (exact) mass is 465 g/mol. The van der Waals surface area contributed by atoms with E-state index in [0.29, 0.717) is 46.6 Å². The van der Waals surface area contributed by atoms with E-state index in [9.17, 15) is 20.0 Å². The molecule has 0 aliphatic carbocycles. The number of nitro groups is 1.